The number of hydrogen-bond acceptors (Lipinski definition) is 6. The van der Waals surface area contributed by atoms with Crippen molar-refractivity contribution < 1.29 is 18.3 Å². The second kappa shape index (κ2) is 6.03. The second-order valence-electron chi connectivity index (χ2n) is 5.06. The Bertz CT molecular complexity index is 608. The number of aromatic carboxylic acids is 1. The van der Waals surface area contributed by atoms with Crippen molar-refractivity contribution in [1.29, 1.82) is 0 Å². The number of carboxylic acids is 1. The SMILES string of the molecule is Cc1nc(SC2CCCC(S(C)(=O)=O)C2)sc1C(=O)O. The van der Waals surface area contributed by atoms with Crippen LogP contribution in [0.4, 0.5) is 0 Å². The number of carbonyl (C=O) groups is 1. The fourth-order valence-electron chi connectivity index (χ4n) is 2.36. The summed E-state index contributed by atoms with van der Waals surface area (Å²) in [6.45, 7) is 1.68. The van der Waals surface area contributed by atoms with Gasteiger partial charge in [0.1, 0.15) is 14.7 Å². The summed E-state index contributed by atoms with van der Waals surface area (Å²) in [4.78, 5) is 15.5. The summed E-state index contributed by atoms with van der Waals surface area (Å²) in [5.74, 6) is -0.954. The van der Waals surface area contributed by atoms with Crippen molar-refractivity contribution >= 4 is 38.9 Å². The van der Waals surface area contributed by atoms with Crippen molar-refractivity contribution in [2.75, 3.05) is 6.26 Å². The molecule has 1 aromatic heterocycles. The lowest BCUT2D eigenvalue weighted by Crippen LogP contribution is -2.28. The monoisotopic (exact) mass is 335 g/mol. The van der Waals surface area contributed by atoms with E-state index in [0.717, 1.165) is 23.6 Å². The molecule has 5 nitrogen and oxygen atoms in total. The zero-order valence-electron chi connectivity index (χ0n) is 11.3. The summed E-state index contributed by atoms with van der Waals surface area (Å²) in [5.41, 5.74) is 0.528. The summed E-state index contributed by atoms with van der Waals surface area (Å²) >= 11 is 2.69. The summed E-state index contributed by atoms with van der Waals surface area (Å²) in [6, 6.07) is 0. The van der Waals surface area contributed by atoms with E-state index < -0.39 is 15.8 Å². The first-order valence-corrected chi connectivity index (χ1v) is 9.98. The Kier molecular flexibility index (Phi) is 4.76. The second-order valence-corrected chi connectivity index (χ2v) is 9.93. The van der Waals surface area contributed by atoms with Crippen LogP contribution >= 0.6 is 23.1 Å². The van der Waals surface area contributed by atoms with E-state index in [9.17, 15) is 13.2 Å². The number of aryl methyl sites for hydroxylation is 1. The molecule has 0 bridgehead atoms. The molecule has 1 aliphatic rings. The van der Waals surface area contributed by atoms with Crippen LogP contribution in [-0.4, -0.2) is 41.2 Å². The lowest BCUT2D eigenvalue weighted by Gasteiger charge is -2.26. The van der Waals surface area contributed by atoms with Gasteiger partial charge in [0.25, 0.3) is 0 Å². The highest BCUT2D eigenvalue weighted by Crippen LogP contribution is 2.38. The van der Waals surface area contributed by atoms with Crippen molar-refractivity contribution in [3.8, 4) is 0 Å². The minimum absolute atomic E-state index is 0.204. The predicted octanol–water partition coefficient (Wildman–Crippen LogP) is 2.60. The quantitative estimate of drug-likeness (QED) is 0.910. The number of nitrogens with zero attached hydrogens (tertiary/aromatic N) is 1. The van der Waals surface area contributed by atoms with E-state index in [2.05, 4.69) is 4.98 Å². The van der Waals surface area contributed by atoms with Crippen molar-refractivity contribution in [2.24, 2.45) is 0 Å². The normalized spacial score (nSPS) is 23.7. The van der Waals surface area contributed by atoms with Crippen LogP contribution in [-0.2, 0) is 9.84 Å². The van der Waals surface area contributed by atoms with Gasteiger partial charge < -0.3 is 5.11 Å². The van der Waals surface area contributed by atoms with Gasteiger partial charge in [0.15, 0.2) is 4.34 Å². The minimum Gasteiger partial charge on any atom is -0.477 e. The van der Waals surface area contributed by atoms with Gasteiger partial charge in [-0.2, -0.15) is 0 Å². The van der Waals surface area contributed by atoms with Crippen LogP contribution < -0.4 is 0 Å². The average Bonchev–Trinajstić information content (AvgIpc) is 2.69. The number of thioether (sulfide) groups is 1. The maximum atomic E-state index is 11.6. The Morgan fingerprint density at radius 2 is 2.15 bits per heavy atom. The third-order valence-electron chi connectivity index (χ3n) is 3.42. The summed E-state index contributed by atoms with van der Waals surface area (Å²) < 4.78 is 24.0. The molecule has 20 heavy (non-hydrogen) atoms. The van der Waals surface area contributed by atoms with Crippen molar-refractivity contribution in [3.05, 3.63) is 10.6 Å². The maximum Gasteiger partial charge on any atom is 0.347 e. The molecular formula is C12H17NO4S3. The molecule has 0 radical (unpaired) electrons. The number of carboxylic acid groups (broad SMARTS) is 1. The third kappa shape index (κ3) is 3.73. The van der Waals surface area contributed by atoms with E-state index in [1.807, 2.05) is 0 Å². The van der Waals surface area contributed by atoms with Gasteiger partial charge in [0, 0.05) is 11.5 Å². The van der Waals surface area contributed by atoms with Crippen molar-refractivity contribution in [2.45, 2.75) is 47.4 Å². The third-order valence-corrected chi connectivity index (χ3v) is 7.59. The molecule has 2 unspecified atom stereocenters. The smallest absolute Gasteiger partial charge is 0.347 e. The molecule has 1 aromatic rings. The zero-order valence-corrected chi connectivity index (χ0v) is 13.8. The molecule has 1 aliphatic carbocycles. The van der Waals surface area contributed by atoms with Crippen LogP contribution in [0.15, 0.2) is 4.34 Å². The van der Waals surface area contributed by atoms with Crippen LogP contribution in [0.3, 0.4) is 0 Å². The number of rotatable bonds is 4. The molecule has 0 aliphatic heterocycles. The van der Waals surface area contributed by atoms with Gasteiger partial charge in [-0.3, -0.25) is 0 Å². The number of aromatic nitrogens is 1. The molecule has 0 saturated heterocycles. The maximum absolute atomic E-state index is 11.6. The molecule has 112 valence electrons. The highest BCUT2D eigenvalue weighted by atomic mass is 32.2. The van der Waals surface area contributed by atoms with Gasteiger partial charge in [-0.05, 0) is 26.2 Å². The van der Waals surface area contributed by atoms with E-state index in [1.165, 1.54) is 29.4 Å². The lowest BCUT2D eigenvalue weighted by molar-refractivity contribution is 0.0701. The minimum atomic E-state index is -2.99. The topological polar surface area (TPSA) is 84.3 Å². The van der Waals surface area contributed by atoms with Crippen LogP contribution in [0.25, 0.3) is 0 Å². The van der Waals surface area contributed by atoms with Crippen molar-refractivity contribution in [3.63, 3.8) is 0 Å². The van der Waals surface area contributed by atoms with E-state index in [-0.39, 0.29) is 15.4 Å². The van der Waals surface area contributed by atoms with Crippen LogP contribution in [0.5, 0.6) is 0 Å². The standard InChI is InChI=1S/C12H17NO4S3/c1-7-10(11(14)15)19-12(13-7)18-8-4-3-5-9(6-8)20(2,16)17/h8-9H,3-6H2,1-2H3,(H,14,15). The fourth-order valence-corrected chi connectivity index (χ4v) is 6.24. The van der Waals surface area contributed by atoms with E-state index in [4.69, 9.17) is 5.11 Å². The number of hydrogen-bond donors (Lipinski definition) is 1. The van der Waals surface area contributed by atoms with Crippen LogP contribution in [0.1, 0.15) is 41.0 Å². The molecule has 1 N–H and O–H groups in total. The van der Waals surface area contributed by atoms with Gasteiger partial charge in [0.05, 0.1) is 10.9 Å². The molecule has 8 heteroatoms. The molecule has 1 heterocycles. The van der Waals surface area contributed by atoms with Crippen LogP contribution in [0, 0.1) is 6.92 Å². The molecule has 0 aromatic carbocycles. The summed E-state index contributed by atoms with van der Waals surface area (Å²) in [6.07, 6.45) is 4.50. The molecule has 2 atom stereocenters. The zero-order chi connectivity index (χ0) is 14.9. The van der Waals surface area contributed by atoms with Gasteiger partial charge in [0.2, 0.25) is 0 Å². The van der Waals surface area contributed by atoms with Gasteiger partial charge in [-0.15, -0.1) is 11.3 Å². The molecular weight excluding hydrogens is 318 g/mol. The first-order valence-electron chi connectivity index (χ1n) is 6.33. The van der Waals surface area contributed by atoms with Crippen molar-refractivity contribution in [1.82, 2.24) is 4.98 Å². The van der Waals surface area contributed by atoms with E-state index in [0.29, 0.717) is 12.1 Å². The summed E-state index contributed by atoms with van der Waals surface area (Å²) in [5, 5.41) is 8.95. The Morgan fingerprint density at radius 1 is 1.45 bits per heavy atom. The molecule has 0 amide bonds. The fraction of sp³-hybridized carbons (Fsp3) is 0.667. The van der Waals surface area contributed by atoms with Gasteiger partial charge in [-0.25, -0.2) is 18.2 Å². The van der Waals surface area contributed by atoms with Crippen LogP contribution in [0.2, 0.25) is 0 Å². The predicted molar refractivity (Wildman–Crippen MR) is 80.6 cm³/mol. The lowest BCUT2D eigenvalue weighted by atomic mass is 10.00. The Morgan fingerprint density at radius 3 is 2.70 bits per heavy atom. The Balaban J connectivity index is 2.06. The molecule has 0 spiro atoms. The first-order chi connectivity index (χ1) is 9.27. The first kappa shape index (κ1) is 15.8. The average molecular weight is 335 g/mol. The van der Waals surface area contributed by atoms with E-state index in [1.54, 1.807) is 6.92 Å². The number of thiazole rings is 1. The Hall–Kier alpha value is -0.600. The molecule has 1 fully saturated rings. The largest absolute Gasteiger partial charge is 0.477 e. The summed E-state index contributed by atoms with van der Waals surface area (Å²) in [7, 11) is -2.99. The molecule has 2 rings (SSSR count). The highest BCUT2D eigenvalue weighted by molar-refractivity contribution is 8.01. The van der Waals surface area contributed by atoms with Gasteiger partial charge >= 0.3 is 5.97 Å². The highest BCUT2D eigenvalue weighted by Gasteiger charge is 2.30. The Labute approximate surface area is 126 Å². The molecule has 1 saturated carbocycles. The number of sulfone groups is 1. The van der Waals surface area contributed by atoms with E-state index >= 15 is 0 Å². The van der Waals surface area contributed by atoms with Gasteiger partial charge in [-0.1, -0.05) is 18.2 Å².